The van der Waals surface area contributed by atoms with Crippen LogP contribution in [0.1, 0.15) is 0 Å². The second-order valence-electron chi connectivity index (χ2n) is 5.45. The van der Waals surface area contributed by atoms with Crippen LogP contribution in [0.2, 0.25) is 0 Å². The first-order valence-corrected chi connectivity index (χ1v) is 7.17. The molecule has 0 aromatic carbocycles. The summed E-state index contributed by atoms with van der Waals surface area (Å²) in [4.78, 5) is 31.9. The smallest absolute Gasteiger partial charge is 0.329 e. The van der Waals surface area contributed by atoms with Gasteiger partial charge in [-0.1, -0.05) is 0 Å². The minimum absolute atomic E-state index is 0.365. The van der Waals surface area contributed by atoms with Crippen LogP contribution in [0.5, 0.6) is 0 Å². The standard InChI is InChI=1S/C13H22N6O3/c1-17(2)6-5-14-12-15-10-9(19(12)7-8-22-4)11(20)16-13(21)18(10)3/h5-8H2,1-4H3,(H,14,15)(H,16,20,21)/p+1. The molecular formula is C13H23N6O3+. The molecule has 0 fully saturated rings. The fourth-order valence-electron chi connectivity index (χ4n) is 2.19. The molecule has 2 rings (SSSR count). The molecule has 0 saturated carbocycles. The summed E-state index contributed by atoms with van der Waals surface area (Å²) < 4.78 is 8.18. The average Bonchev–Trinajstić information content (AvgIpc) is 2.81. The summed E-state index contributed by atoms with van der Waals surface area (Å²) >= 11 is 0. The number of hydrogen-bond acceptors (Lipinski definition) is 5. The SMILES string of the molecule is COCCn1c(NCC[NH+](C)C)nc2c1c(=O)[nH]c(=O)n2C. The van der Waals surface area contributed by atoms with E-state index in [1.807, 2.05) is 0 Å². The van der Waals surface area contributed by atoms with Crippen LogP contribution in [0.25, 0.3) is 11.2 Å². The van der Waals surface area contributed by atoms with Crippen molar-refractivity contribution in [3.63, 3.8) is 0 Å². The molecule has 0 spiro atoms. The zero-order chi connectivity index (χ0) is 16.3. The van der Waals surface area contributed by atoms with Crippen LogP contribution in [0.15, 0.2) is 9.59 Å². The van der Waals surface area contributed by atoms with Crippen molar-refractivity contribution in [3.8, 4) is 0 Å². The first-order valence-electron chi connectivity index (χ1n) is 7.17. The van der Waals surface area contributed by atoms with Crippen LogP contribution in [-0.2, 0) is 18.3 Å². The third-order valence-corrected chi connectivity index (χ3v) is 3.43. The maximum atomic E-state index is 12.1. The predicted octanol–water partition coefficient (Wildman–Crippen LogP) is -2.37. The second kappa shape index (κ2) is 6.75. The molecule has 3 N–H and O–H groups in total. The van der Waals surface area contributed by atoms with Gasteiger partial charge in [0.25, 0.3) is 5.56 Å². The van der Waals surface area contributed by atoms with Crippen LogP contribution in [0.3, 0.4) is 0 Å². The molecule has 2 aromatic heterocycles. The van der Waals surface area contributed by atoms with E-state index in [0.717, 1.165) is 6.54 Å². The minimum Gasteiger partial charge on any atom is -0.383 e. The molecule has 122 valence electrons. The van der Waals surface area contributed by atoms with Gasteiger partial charge >= 0.3 is 5.69 Å². The van der Waals surface area contributed by atoms with Gasteiger partial charge in [-0.3, -0.25) is 14.3 Å². The van der Waals surface area contributed by atoms with E-state index in [1.54, 1.807) is 18.7 Å². The fourth-order valence-corrected chi connectivity index (χ4v) is 2.19. The van der Waals surface area contributed by atoms with E-state index in [0.29, 0.717) is 36.8 Å². The van der Waals surface area contributed by atoms with Crippen molar-refractivity contribution >= 4 is 17.1 Å². The van der Waals surface area contributed by atoms with Gasteiger partial charge in [-0.15, -0.1) is 0 Å². The van der Waals surface area contributed by atoms with Gasteiger partial charge in [0.15, 0.2) is 11.2 Å². The Labute approximate surface area is 127 Å². The van der Waals surface area contributed by atoms with Crippen molar-refractivity contribution in [3.05, 3.63) is 20.8 Å². The molecular weight excluding hydrogens is 288 g/mol. The molecule has 0 radical (unpaired) electrons. The minimum atomic E-state index is -0.474. The maximum Gasteiger partial charge on any atom is 0.329 e. The summed E-state index contributed by atoms with van der Waals surface area (Å²) in [6, 6.07) is 0. The first-order chi connectivity index (χ1) is 10.5. The van der Waals surface area contributed by atoms with Gasteiger partial charge in [0.1, 0.15) is 0 Å². The van der Waals surface area contributed by atoms with Crippen molar-refractivity contribution < 1.29 is 9.64 Å². The summed E-state index contributed by atoms with van der Waals surface area (Å²) in [5.41, 5.74) is -0.172. The van der Waals surface area contributed by atoms with E-state index < -0.39 is 11.2 Å². The number of imidazole rings is 1. The van der Waals surface area contributed by atoms with Gasteiger partial charge in [0.2, 0.25) is 5.95 Å². The Kier molecular flexibility index (Phi) is 4.99. The molecule has 0 amide bonds. The van der Waals surface area contributed by atoms with Gasteiger partial charge in [-0.25, -0.2) is 4.79 Å². The maximum absolute atomic E-state index is 12.1. The number of aryl methyl sites for hydroxylation is 1. The largest absolute Gasteiger partial charge is 0.383 e. The Morgan fingerprint density at radius 2 is 2.09 bits per heavy atom. The van der Waals surface area contributed by atoms with Gasteiger partial charge in [-0.05, 0) is 0 Å². The number of likely N-dealkylation sites (N-methyl/N-ethyl adjacent to an activating group) is 1. The van der Waals surface area contributed by atoms with Crippen LogP contribution in [0.4, 0.5) is 5.95 Å². The summed E-state index contributed by atoms with van der Waals surface area (Å²) in [6.45, 7) is 2.54. The topological polar surface area (TPSA) is 98.4 Å². The quantitative estimate of drug-likeness (QED) is 0.531. The molecule has 0 aliphatic rings. The van der Waals surface area contributed by atoms with Crippen molar-refractivity contribution in [2.45, 2.75) is 6.54 Å². The highest BCUT2D eigenvalue weighted by Crippen LogP contribution is 2.14. The highest BCUT2D eigenvalue weighted by molar-refractivity contribution is 5.74. The molecule has 9 heteroatoms. The summed E-state index contributed by atoms with van der Waals surface area (Å²) in [7, 11) is 7.30. The second-order valence-corrected chi connectivity index (χ2v) is 5.45. The molecule has 0 saturated heterocycles. The summed E-state index contributed by atoms with van der Waals surface area (Å²) in [5, 5.41) is 3.22. The number of aromatic nitrogens is 4. The predicted molar refractivity (Wildman–Crippen MR) is 83.6 cm³/mol. The number of H-pyrrole nitrogens is 1. The van der Waals surface area contributed by atoms with E-state index in [4.69, 9.17) is 4.74 Å². The fraction of sp³-hybridized carbons (Fsp3) is 0.615. The van der Waals surface area contributed by atoms with Gasteiger partial charge in [0.05, 0.1) is 33.8 Å². The lowest BCUT2D eigenvalue weighted by Crippen LogP contribution is -3.06. The summed E-state index contributed by atoms with van der Waals surface area (Å²) in [5.74, 6) is 0.569. The molecule has 2 heterocycles. The molecule has 2 aromatic rings. The van der Waals surface area contributed by atoms with E-state index in [2.05, 4.69) is 29.4 Å². The number of fused-ring (bicyclic) bond motifs is 1. The molecule has 0 unspecified atom stereocenters. The van der Waals surface area contributed by atoms with Crippen molar-refractivity contribution in [2.24, 2.45) is 7.05 Å². The Morgan fingerprint density at radius 3 is 2.73 bits per heavy atom. The highest BCUT2D eigenvalue weighted by Gasteiger charge is 2.17. The van der Waals surface area contributed by atoms with E-state index >= 15 is 0 Å². The Morgan fingerprint density at radius 1 is 1.36 bits per heavy atom. The number of anilines is 1. The number of ether oxygens (including phenoxy) is 1. The normalized spacial score (nSPS) is 11.5. The zero-order valence-electron chi connectivity index (χ0n) is 13.4. The molecule has 0 bridgehead atoms. The van der Waals surface area contributed by atoms with E-state index in [-0.39, 0.29) is 0 Å². The third kappa shape index (κ3) is 3.20. The van der Waals surface area contributed by atoms with Gasteiger partial charge < -0.3 is 19.5 Å². The van der Waals surface area contributed by atoms with E-state index in [1.165, 1.54) is 9.47 Å². The van der Waals surface area contributed by atoms with Crippen molar-refractivity contribution in [1.82, 2.24) is 19.1 Å². The lowest BCUT2D eigenvalue weighted by atomic mass is 10.5. The van der Waals surface area contributed by atoms with Crippen LogP contribution in [0, 0.1) is 0 Å². The average molecular weight is 311 g/mol. The molecule has 0 aliphatic carbocycles. The number of quaternary nitrogens is 1. The molecule has 0 atom stereocenters. The Bertz CT molecular complexity index is 757. The van der Waals surface area contributed by atoms with Crippen molar-refractivity contribution in [1.29, 1.82) is 0 Å². The van der Waals surface area contributed by atoms with Crippen LogP contribution in [-0.4, -0.2) is 60.0 Å². The zero-order valence-corrected chi connectivity index (χ0v) is 13.4. The van der Waals surface area contributed by atoms with Gasteiger partial charge in [-0.2, -0.15) is 4.98 Å². The summed E-state index contributed by atoms with van der Waals surface area (Å²) in [6.07, 6.45) is 0. The lowest BCUT2D eigenvalue weighted by Gasteiger charge is -2.11. The number of hydrogen-bond donors (Lipinski definition) is 3. The Balaban J connectivity index is 2.49. The number of nitrogens with one attached hydrogen (secondary N) is 3. The van der Waals surface area contributed by atoms with Crippen LogP contribution >= 0.6 is 0 Å². The number of aromatic amines is 1. The van der Waals surface area contributed by atoms with Gasteiger partial charge in [0, 0.05) is 20.7 Å². The third-order valence-electron chi connectivity index (χ3n) is 3.43. The molecule has 22 heavy (non-hydrogen) atoms. The number of rotatable bonds is 7. The number of methoxy groups -OCH3 is 1. The number of nitrogens with zero attached hydrogens (tertiary/aromatic N) is 3. The lowest BCUT2D eigenvalue weighted by molar-refractivity contribution is -0.856. The van der Waals surface area contributed by atoms with Crippen LogP contribution < -0.4 is 21.5 Å². The Hall–Kier alpha value is -2.13. The highest BCUT2D eigenvalue weighted by atomic mass is 16.5. The monoisotopic (exact) mass is 311 g/mol. The van der Waals surface area contributed by atoms with E-state index in [9.17, 15) is 9.59 Å². The first kappa shape index (κ1) is 16.2. The molecule has 9 nitrogen and oxygen atoms in total. The van der Waals surface area contributed by atoms with Crippen molar-refractivity contribution in [2.75, 3.05) is 46.2 Å². The molecule has 0 aliphatic heterocycles.